The Bertz CT molecular complexity index is 772. The molecule has 0 N–H and O–H groups in total. The minimum Gasteiger partial charge on any atom is -0.285 e. The largest absolute Gasteiger partial charge is 0.364 e. The number of hydrogen-bond acceptors (Lipinski definition) is 3. The first-order valence-electron chi connectivity index (χ1n) is 8.29. The molecule has 1 fully saturated rings. The number of carbonyl (C=O) groups excluding carboxylic acids is 1. The van der Waals surface area contributed by atoms with Crippen LogP contribution in [0.1, 0.15) is 37.9 Å². The molecule has 0 atom stereocenters. The second-order valence-corrected chi connectivity index (χ2v) is 6.41. The SMILES string of the molecule is O=C1N(c2ccccc2)Cc2nc(=O)n(CC3CCCCC3)n21. The van der Waals surface area contributed by atoms with Crippen molar-refractivity contribution in [3.8, 4) is 0 Å². The number of anilines is 1. The first-order chi connectivity index (χ1) is 11.2. The van der Waals surface area contributed by atoms with Gasteiger partial charge in [0, 0.05) is 12.2 Å². The minimum absolute atomic E-state index is 0.184. The van der Waals surface area contributed by atoms with Crippen molar-refractivity contribution in [2.75, 3.05) is 4.90 Å². The Morgan fingerprint density at radius 3 is 2.52 bits per heavy atom. The molecule has 23 heavy (non-hydrogen) atoms. The normalized spacial score (nSPS) is 18.4. The molecule has 0 unspecified atom stereocenters. The minimum atomic E-state index is -0.299. The number of rotatable bonds is 3. The van der Waals surface area contributed by atoms with Gasteiger partial charge >= 0.3 is 11.7 Å². The second kappa shape index (κ2) is 5.68. The van der Waals surface area contributed by atoms with Crippen LogP contribution in [0.15, 0.2) is 35.1 Å². The van der Waals surface area contributed by atoms with Gasteiger partial charge in [-0.1, -0.05) is 37.5 Å². The molecule has 1 saturated carbocycles. The van der Waals surface area contributed by atoms with Gasteiger partial charge in [-0.25, -0.2) is 14.3 Å². The van der Waals surface area contributed by atoms with Crippen LogP contribution >= 0.6 is 0 Å². The standard InChI is InChI=1S/C17H20N4O2/c22-16-18-15-12-19(14-9-5-2-6-10-14)17(23)21(15)20(16)11-13-7-3-1-4-8-13/h2,5-6,9-10,13H,1,3-4,7-8,11-12H2. The molecule has 4 rings (SSSR count). The van der Waals surface area contributed by atoms with Crippen molar-refractivity contribution in [2.45, 2.75) is 45.2 Å². The monoisotopic (exact) mass is 312 g/mol. The number of benzene rings is 1. The summed E-state index contributed by atoms with van der Waals surface area (Å²) < 4.78 is 3.01. The van der Waals surface area contributed by atoms with Gasteiger partial charge < -0.3 is 0 Å². The van der Waals surface area contributed by atoms with Gasteiger partial charge in [0.25, 0.3) is 0 Å². The summed E-state index contributed by atoms with van der Waals surface area (Å²) in [4.78, 5) is 30.7. The van der Waals surface area contributed by atoms with E-state index in [1.54, 1.807) is 4.90 Å². The predicted molar refractivity (Wildman–Crippen MR) is 86.5 cm³/mol. The fourth-order valence-corrected chi connectivity index (χ4v) is 3.66. The van der Waals surface area contributed by atoms with E-state index >= 15 is 0 Å². The van der Waals surface area contributed by atoms with E-state index in [1.807, 2.05) is 30.3 Å². The quantitative estimate of drug-likeness (QED) is 0.875. The van der Waals surface area contributed by atoms with E-state index in [1.165, 1.54) is 28.6 Å². The van der Waals surface area contributed by atoms with Gasteiger partial charge in [0.05, 0.1) is 6.54 Å². The molecule has 120 valence electrons. The topological polar surface area (TPSA) is 60.1 Å². The molecule has 2 heterocycles. The Labute approximate surface area is 134 Å². The maximum atomic E-state index is 12.8. The molecule has 0 spiro atoms. The summed E-state index contributed by atoms with van der Waals surface area (Å²) in [6.07, 6.45) is 5.96. The van der Waals surface area contributed by atoms with Crippen molar-refractivity contribution in [2.24, 2.45) is 5.92 Å². The van der Waals surface area contributed by atoms with E-state index in [-0.39, 0.29) is 11.7 Å². The fraction of sp³-hybridized carbons (Fsp3) is 0.471. The molecular weight excluding hydrogens is 292 g/mol. The maximum Gasteiger partial charge on any atom is 0.364 e. The molecule has 1 aromatic carbocycles. The zero-order valence-electron chi connectivity index (χ0n) is 13.0. The summed E-state index contributed by atoms with van der Waals surface area (Å²) in [5, 5.41) is 0. The lowest BCUT2D eigenvalue weighted by Gasteiger charge is -2.22. The predicted octanol–water partition coefficient (Wildman–Crippen LogP) is 2.61. The van der Waals surface area contributed by atoms with Crippen LogP contribution in [0, 0.1) is 5.92 Å². The van der Waals surface area contributed by atoms with Crippen LogP contribution in [0.3, 0.4) is 0 Å². The molecule has 6 nitrogen and oxygen atoms in total. The third-order valence-corrected chi connectivity index (χ3v) is 4.87. The van der Waals surface area contributed by atoms with Gasteiger partial charge in [-0.3, -0.25) is 4.90 Å². The molecule has 6 heteroatoms. The molecule has 1 aliphatic heterocycles. The van der Waals surface area contributed by atoms with Gasteiger partial charge in [-0.15, -0.1) is 0 Å². The van der Waals surface area contributed by atoms with Crippen molar-refractivity contribution in [1.29, 1.82) is 0 Å². The van der Waals surface area contributed by atoms with E-state index in [0.29, 0.717) is 24.8 Å². The number of aromatic nitrogens is 3. The lowest BCUT2D eigenvalue weighted by atomic mass is 9.89. The van der Waals surface area contributed by atoms with Crippen molar-refractivity contribution >= 4 is 11.7 Å². The molecule has 2 aliphatic rings. The van der Waals surface area contributed by atoms with E-state index in [9.17, 15) is 9.59 Å². The van der Waals surface area contributed by atoms with Crippen LogP contribution in [0.2, 0.25) is 0 Å². The summed E-state index contributed by atoms with van der Waals surface area (Å²) in [6, 6.07) is 9.33. The van der Waals surface area contributed by atoms with Gasteiger partial charge in [-0.05, 0) is 30.9 Å². The van der Waals surface area contributed by atoms with E-state index in [0.717, 1.165) is 18.5 Å². The number of carbonyl (C=O) groups is 1. The van der Waals surface area contributed by atoms with E-state index < -0.39 is 0 Å². The Balaban J connectivity index is 1.63. The zero-order valence-corrected chi connectivity index (χ0v) is 13.0. The number of hydrogen-bond donors (Lipinski definition) is 0. The first-order valence-corrected chi connectivity index (χ1v) is 8.29. The summed E-state index contributed by atoms with van der Waals surface area (Å²) >= 11 is 0. The fourth-order valence-electron chi connectivity index (χ4n) is 3.66. The third kappa shape index (κ3) is 2.48. The van der Waals surface area contributed by atoms with Crippen molar-refractivity contribution in [3.05, 3.63) is 46.6 Å². The average Bonchev–Trinajstić information content (AvgIpc) is 3.06. The number of nitrogens with zero attached hydrogens (tertiary/aromatic N) is 4. The second-order valence-electron chi connectivity index (χ2n) is 6.41. The molecule has 0 radical (unpaired) electrons. The summed E-state index contributed by atoms with van der Waals surface area (Å²) in [7, 11) is 0. The molecule has 0 saturated heterocycles. The van der Waals surface area contributed by atoms with Crippen LogP contribution in [0.25, 0.3) is 0 Å². The van der Waals surface area contributed by atoms with Crippen LogP contribution in [-0.4, -0.2) is 20.4 Å². The number of fused-ring (bicyclic) bond motifs is 1. The molecule has 0 bridgehead atoms. The average molecular weight is 312 g/mol. The number of amides is 1. The maximum absolute atomic E-state index is 12.8. The highest BCUT2D eigenvalue weighted by Gasteiger charge is 2.33. The van der Waals surface area contributed by atoms with E-state index in [2.05, 4.69) is 4.98 Å². The Morgan fingerprint density at radius 2 is 1.78 bits per heavy atom. The highest BCUT2D eigenvalue weighted by molar-refractivity contribution is 5.95. The highest BCUT2D eigenvalue weighted by atomic mass is 16.2. The summed E-state index contributed by atoms with van der Waals surface area (Å²) in [6.45, 7) is 0.954. The van der Waals surface area contributed by atoms with Crippen LogP contribution in [0.4, 0.5) is 10.5 Å². The lowest BCUT2D eigenvalue weighted by molar-refractivity contribution is 0.237. The van der Waals surface area contributed by atoms with Gasteiger partial charge in [0.15, 0.2) is 5.82 Å². The van der Waals surface area contributed by atoms with Gasteiger partial charge in [-0.2, -0.15) is 9.67 Å². The van der Waals surface area contributed by atoms with Crippen LogP contribution < -0.4 is 10.6 Å². The van der Waals surface area contributed by atoms with Crippen molar-refractivity contribution in [1.82, 2.24) is 14.3 Å². The third-order valence-electron chi connectivity index (χ3n) is 4.87. The Kier molecular flexibility index (Phi) is 3.52. The van der Waals surface area contributed by atoms with Crippen molar-refractivity contribution < 1.29 is 4.79 Å². The molecule has 1 aliphatic carbocycles. The molecule has 2 aromatic rings. The lowest BCUT2D eigenvalue weighted by Crippen LogP contribution is -2.35. The first kappa shape index (κ1) is 14.2. The smallest absolute Gasteiger partial charge is 0.285 e. The summed E-state index contributed by atoms with van der Waals surface area (Å²) in [5.41, 5.74) is 0.534. The molecular formula is C17H20N4O2. The van der Waals surface area contributed by atoms with Gasteiger partial charge in [0.2, 0.25) is 0 Å². The zero-order chi connectivity index (χ0) is 15.8. The van der Waals surface area contributed by atoms with E-state index in [4.69, 9.17) is 0 Å². The number of para-hydroxylation sites is 1. The molecule has 1 amide bonds. The van der Waals surface area contributed by atoms with Crippen LogP contribution in [-0.2, 0) is 13.1 Å². The molecule has 1 aromatic heterocycles. The van der Waals surface area contributed by atoms with Crippen LogP contribution in [0.5, 0.6) is 0 Å². The van der Waals surface area contributed by atoms with Crippen molar-refractivity contribution in [3.63, 3.8) is 0 Å². The Hall–Kier alpha value is -2.37. The van der Waals surface area contributed by atoms with Gasteiger partial charge in [0.1, 0.15) is 0 Å². The highest BCUT2D eigenvalue weighted by Crippen LogP contribution is 2.26. The Morgan fingerprint density at radius 1 is 1.04 bits per heavy atom. The summed E-state index contributed by atoms with van der Waals surface area (Å²) in [5.74, 6) is 1.01.